The molecule has 0 radical (unpaired) electrons. The highest BCUT2D eigenvalue weighted by molar-refractivity contribution is 6.00. The number of carbonyl (C=O) groups is 1. The number of anilines is 2. The van der Waals surface area contributed by atoms with Crippen LogP contribution in [-0.2, 0) is 13.0 Å². The molecule has 4 rings (SSSR count). The maximum Gasteiger partial charge on any atom is 0.323 e. The average Bonchev–Trinajstić information content (AvgIpc) is 2.78. The van der Waals surface area contributed by atoms with Crippen molar-refractivity contribution in [1.82, 2.24) is 4.90 Å². The van der Waals surface area contributed by atoms with Gasteiger partial charge in [0.1, 0.15) is 0 Å². The maximum atomic E-state index is 12.4. The van der Waals surface area contributed by atoms with Gasteiger partial charge in [-0.15, -0.1) is 0 Å². The standard InChI is InChI=1S/C26H29N3O/c30-26(27-24-12-5-2-6-13-24)28-25-14-8-7-11-23(25)20-29-17-15-22(16-18-29)19-21-9-3-1-4-10-21/h1-14,22H,15-20H2,(H2,27,28,30). The van der Waals surface area contributed by atoms with Crippen LogP contribution in [0.3, 0.4) is 0 Å². The second kappa shape index (κ2) is 10.1. The van der Waals surface area contributed by atoms with Crippen LogP contribution in [0.4, 0.5) is 16.2 Å². The van der Waals surface area contributed by atoms with Gasteiger partial charge in [0.2, 0.25) is 0 Å². The molecule has 0 aromatic heterocycles. The summed E-state index contributed by atoms with van der Waals surface area (Å²) >= 11 is 0. The van der Waals surface area contributed by atoms with Gasteiger partial charge in [-0.1, -0.05) is 66.7 Å². The Morgan fingerprint density at radius 1 is 0.800 bits per heavy atom. The molecule has 1 saturated heterocycles. The Morgan fingerprint density at radius 3 is 2.17 bits per heavy atom. The molecule has 2 amide bonds. The molecule has 4 heteroatoms. The number of benzene rings is 3. The molecular weight excluding hydrogens is 370 g/mol. The Labute approximate surface area is 178 Å². The number of amides is 2. The predicted molar refractivity (Wildman–Crippen MR) is 124 cm³/mol. The molecule has 3 aromatic rings. The Morgan fingerprint density at radius 2 is 1.43 bits per heavy atom. The van der Waals surface area contributed by atoms with Gasteiger partial charge < -0.3 is 10.6 Å². The zero-order chi connectivity index (χ0) is 20.6. The molecule has 0 bridgehead atoms. The number of rotatable bonds is 6. The van der Waals surface area contributed by atoms with Gasteiger partial charge in [0.05, 0.1) is 0 Å². The fourth-order valence-corrected chi connectivity index (χ4v) is 4.12. The van der Waals surface area contributed by atoms with Gasteiger partial charge in [0.25, 0.3) is 0 Å². The highest BCUT2D eigenvalue weighted by Crippen LogP contribution is 2.25. The molecule has 4 nitrogen and oxygen atoms in total. The van der Waals surface area contributed by atoms with E-state index in [9.17, 15) is 4.79 Å². The molecule has 0 saturated carbocycles. The Kier molecular flexibility index (Phi) is 6.78. The van der Waals surface area contributed by atoms with Gasteiger partial charge in [-0.05, 0) is 67.6 Å². The van der Waals surface area contributed by atoms with Crippen LogP contribution >= 0.6 is 0 Å². The summed E-state index contributed by atoms with van der Waals surface area (Å²) in [4.78, 5) is 14.9. The van der Waals surface area contributed by atoms with Gasteiger partial charge in [0.15, 0.2) is 0 Å². The van der Waals surface area contributed by atoms with Gasteiger partial charge in [-0.25, -0.2) is 4.79 Å². The summed E-state index contributed by atoms with van der Waals surface area (Å²) in [7, 11) is 0. The number of nitrogens with zero attached hydrogens (tertiary/aromatic N) is 1. The topological polar surface area (TPSA) is 44.4 Å². The minimum atomic E-state index is -0.213. The van der Waals surface area contributed by atoms with E-state index in [-0.39, 0.29) is 6.03 Å². The summed E-state index contributed by atoms with van der Waals surface area (Å²) < 4.78 is 0. The minimum absolute atomic E-state index is 0.213. The van der Waals surface area contributed by atoms with Crippen LogP contribution in [0.15, 0.2) is 84.9 Å². The second-order valence-corrected chi connectivity index (χ2v) is 8.01. The van der Waals surface area contributed by atoms with E-state index in [0.717, 1.165) is 42.5 Å². The SMILES string of the molecule is O=C(Nc1ccccc1)Nc1ccccc1CN1CCC(Cc2ccccc2)CC1. The summed E-state index contributed by atoms with van der Waals surface area (Å²) in [6.07, 6.45) is 3.62. The van der Waals surface area contributed by atoms with Crippen LogP contribution < -0.4 is 10.6 Å². The fraction of sp³-hybridized carbons (Fsp3) is 0.269. The maximum absolute atomic E-state index is 12.4. The molecule has 0 unspecified atom stereocenters. The number of piperidine rings is 1. The quantitative estimate of drug-likeness (QED) is 0.551. The van der Waals surface area contributed by atoms with Gasteiger partial charge in [0, 0.05) is 17.9 Å². The third kappa shape index (κ3) is 5.71. The molecule has 30 heavy (non-hydrogen) atoms. The zero-order valence-electron chi connectivity index (χ0n) is 17.3. The molecule has 0 aliphatic carbocycles. The molecule has 0 spiro atoms. The first-order valence-electron chi connectivity index (χ1n) is 10.7. The van der Waals surface area contributed by atoms with Crippen LogP contribution in [0.1, 0.15) is 24.0 Å². The number of hydrogen-bond donors (Lipinski definition) is 2. The minimum Gasteiger partial charge on any atom is -0.308 e. The van der Waals surface area contributed by atoms with E-state index in [2.05, 4.69) is 51.9 Å². The first-order chi connectivity index (χ1) is 14.8. The first-order valence-corrected chi connectivity index (χ1v) is 10.7. The lowest BCUT2D eigenvalue weighted by molar-refractivity contribution is 0.177. The molecule has 154 valence electrons. The summed E-state index contributed by atoms with van der Waals surface area (Å²) in [5.41, 5.74) is 4.25. The zero-order valence-corrected chi connectivity index (χ0v) is 17.3. The average molecular weight is 400 g/mol. The number of nitrogens with one attached hydrogen (secondary N) is 2. The highest BCUT2D eigenvalue weighted by Gasteiger charge is 2.20. The fourth-order valence-electron chi connectivity index (χ4n) is 4.12. The van der Waals surface area contributed by atoms with Crippen molar-refractivity contribution in [3.05, 3.63) is 96.1 Å². The van der Waals surface area contributed by atoms with Gasteiger partial charge in [-0.2, -0.15) is 0 Å². The van der Waals surface area contributed by atoms with Gasteiger partial charge in [-0.3, -0.25) is 4.90 Å². The normalized spacial score (nSPS) is 14.9. The molecular formula is C26H29N3O. The summed E-state index contributed by atoms with van der Waals surface area (Å²) in [5, 5.41) is 5.90. The summed E-state index contributed by atoms with van der Waals surface area (Å²) in [5.74, 6) is 0.758. The van der Waals surface area contributed by atoms with E-state index in [1.807, 2.05) is 48.5 Å². The Balaban J connectivity index is 1.30. The van der Waals surface area contributed by atoms with Crippen molar-refractivity contribution < 1.29 is 4.79 Å². The van der Waals surface area contributed by atoms with Crippen molar-refractivity contribution in [2.75, 3.05) is 23.7 Å². The van der Waals surface area contributed by atoms with Crippen LogP contribution in [0.2, 0.25) is 0 Å². The molecule has 1 aliphatic heterocycles. The van der Waals surface area contributed by atoms with E-state index in [1.54, 1.807) is 0 Å². The van der Waals surface area contributed by atoms with E-state index in [1.165, 1.54) is 24.8 Å². The van der Waals surface area contributed by atoms with Crippen molar-refractivity contribution >= 4 is 17.4 Å². The van der Waals surface area contributed by atoms with E-state index < -0.39 is 0 Å². The number of urea groups is 1. The number of likely N-dealkylation sites (tertiary alicyclic amines) is 1. The van der Waals surface area contributed by atoms with E-state index >= 15 is 0 Å². The van der Waals surface area contributed by atoms with Crippen molar-refractivity contribution in [2.24, 2.45) is 5.92 Å². The molecule has 1 fully saturated rings. The van der Waals surface area contributed by atoms with E-state index in [0.29, 0.717) is 0 Å². The van der Waals surface area contributed by atoms with Crippen LogP contribution in [-0.4, -0.2) is 24.0 Å². The molecule has 3 aromatic carbocycles. The van der Waals surface area contributed by atoms with Crippen molar-refractivity contribution in [3.8, 4) is 0 Å². The van der Waals surface area contributed by atoms with Gasteiger partial charge >= 0.3 is 6.03 Å². The van der Waals surface area contributed by atoms with Crippen LogP contribution in [0.5, 0.6) is 0 Å². The van der Waals surface area contributed by atoms with Crippen molar-refractivity contribution in [3.63, 3.8) is 0 Å². The second-order valence-electron chi connectivity index (χ2n) is 8.01. The predicted octanol–water partition coefficient (Wildman–Crippen LogP) is 5.79. The number of carbonyl (C=O) groups excluding carboxylic acids is 1. The molecule has 2 N–H and O–H groups in total. The molecule has 0 atom stereocenters. The van der Waals surface area contributed by atoms with Crippen LogP contribution in [0, 0.1) is 5.92 Å². The molecule has 1 aliphatic rings. The smallest absolute Gasteiger partial charge is 0.308 e. The lowest BCUT2D eigenvalue weighted by atomic mass is 9.90. The lowest BCUT2D eigenvalue weighted by Crippen LogP contribution is -2.34. The third-order valence-corrected chi connectivity index (χ3v) is 5.77. The monoisotopic (exact) mass is 399 g/mol. The highest BCUT2D eigenvalue weighted by atomic mass is 16.2. The van der Waals surface area contributed by atoms with Crippen molar-refractivity contribution in [1.29, 1.82) is 0 Å². The summed E-state index contributed by atoms with van der Waals surface area (Å²) in [6.45, 7) is 3.06. The first kappa shape index (κ1) is 20.2. The summed E-state index contributed by atoms with van der Waals surface area (Å²) in [6, 6.07) is 28.2. The molecule has 1 heterocycles. The van der Waals surface area contributed by atoms with Crippen molar-refractivity contribution in [2.45, 2.75) is 25.8 Å². The lowest BCUT2D eigenvalue weighted by Gasteiger charge is -2.32. The number of hydrogen-bond acceptors (Lipinski definition) is 2. The van der Waals surface area contributed by atoms with Crippen LogP contribution in [0.25, 0.3) is 0 Å². The third-order valence-electron chi connectivity index (χ3n) is 5.77. The Bertz CT molecular complexity index is 935. The van der Waals surface area contributed by atoms with E-state index in [4.69, 9.17) is 0 Å². The largest absolute Gasteiger partial charge is 0.323 e. The number of para-hydroxylation sites is 2. The Hall–Kier alpha value is -3.11.